The van der Waals surface area contributed by atoms with Crippen LogP contribution in [0.15, 0.2) is 48.5 Å². The van der Waals surface area contributed by atoms with Gasteiger partial charge in [-0.15, -0.1) is 0 Å². The zero-order valence-electron chi connectivity index (χ0n) is 8.68. The van der Waals surface area contributed by atoms with E-state index in [1.807, 2.05) is 42.5 Å². The van der Waals surface area contributed by atoms with Crippen molar-refractivity contribution >= 4 is 5.97 Å². The van der Waals surface area contributed by atoms with Crippen molar-refractivity contribution in [2.24, 2.45) is 0 Å². The van der Waals surface area contributed by atoms with E-state index in [1.54, 1.807) is 6.07 Å². The van der Waals surface area contributed by atoms with E-state index < -0.39 is 5.97 Å². The molecule has 0 heterocycles. The SMILES string of the molecule is O=C(O)Cc1[c]cccc1-c1ccccc1. The Morgan fingerprint density at radius 2 is 1.88 bits per heavy atom. The zero-order valence-corrected chi connectivity index (χ0v) is 8.68. The molecular formula is C14H11O2. The molecule has 0 aromatic heterocycles. The largest absolute Gasteiger partial charge is 0.481 e. The van der Waals surface area contributed by atoms with Crippen LogP contribution < -0.4 is 0 Å². The van der Waals surface area contributed by atoms with Crippen LogP contribution in [-0.2, 0) is 11.2 Å². The highest BCUT2D eigenvalue weighted by Crippen LogP contribution is 2.23. The van der Waals surface area contributed by atoms with Crippen LogP contribution in [0.1, 0.15) is 5.56 Å². The molecule has 79 valence electrons. The number of aliphatic carboxylic acids is 1. The van der Waals surface area contributed by atoms with Gasteiger partial charge in [-0.2, -0.15) is 0 Å². The maximum atomic E-state index is 10.7. The van der Waals surface area contributed by atoms with Crippen LogP contribution in [0.25, 0.3) is 11.1 Å². The zero-order chi connectivity index (χ0) is 11.4. The van der Waals surface area contributed by atoms with Crippen molar-refractivity contribution in [3.8, 4) is 11.1 Å². The number of hydrogen-bond donors (Lipinski definition) is 1. The molecule has 0 saturated carbocycles. The maximum absolute atomic E-state index is 10.7. The van der Waals surface area contributed by atoms with Crippen molar-refractivity contribution in [1.82, 2.24) is 0 Å². The predicted octanol–water partition coefficient (Wildman–Crippen LogP) is 2.78. The number of benzene rings is 2. The molecule has 0 aliphatic heterocycles. The van der Waals surface area contributed by atoms with Crippen LogP contribution in [0.2, 0.25) is 0 Å². The van der Waals surface area contributed by atoms with Gasteiger partial charge >= 0.3 is 5.97 Å². The fraction of sp³-hybridized carbons (Fsp3) is 0.0714. The van der Waals surface area contributed by atoms with Gasteiger partial charge in [-0.3, -0.25) is 4.79 Å². The normalized spacial score (nSPS) is 10.0. The van der Waals surface area contributed by atoms with E-state index in [0.29, 0.717) is 0 Å². The fourth-order valence-electron chi connectivity index (χ4n) is 1.66. The highest BCUT2D eigenvalue weighted by Gasteiger charge is 2.07. The number of carboxylic acid groups (broad SMARTS) is 1. The summed E-state index contributed by atoms with van der Waals surface area (Å²) in [5, 5.41) is 8.82. The summed E-state index contributed by atoms with van der Waals surface area (Å²) in [5.74, 6) is -0.834. The first kappa shape index (κ1) is 10.4. The molecule has 0 spiro atoms. The van der Waals surface area contributed by atoms with Crippen molar-refractivity contribution in [1.29, 1.82) is 0 Å². The molecule has 2 aromatic rings. The van der Waals surface area contributed by atoms with Gasteiger partial charge in [0.05, 0.1) is 6.42 Å². The first-order valence-electron chi connectivity index (χ1n) is 5.04. The summed E-state index contributed by atoms with van der Waals surface area (Å²) in [5.41, 5.74) is 2.68. The van der Waals surface area contributed by atoms with Gasteiger partial charge in [0, 0.05) is 0 Å². The lowest BCUT2D eigenvalue weighted by Gasteiger charge is -2.06. The minimum atomic E-state index is -0.834. The van der Waals surface area contributed by atoms with Gasteiger partial charge in [-0.25, -0.2) is 0 Å². The second-order valence-electron chi connectivity index (χ2n) is 3.50. The molecule has 1 radical (unpaired) electrons. The lowest BCUT2D eigenvalue weighted by Crippen LogP contribution is -2.01. The van der Waals surface area contributed by atoms with E-state index in [-0.39, 0.29) is 6.42 Å². The van der Waals surface area contributed by atoms with Crippen LogP contribution in [0.4, 0.5) is 0 Å². The summed E-state index contributed by atoms with van der Waals surface area (Å²) in [6, 6.07) is 18.3. The van der Waals surface area contributed by atoms with Gasteiger partial charge in [0.2, 0.25) is 0 Å². The molecule has 0 amide bonds. The van der Waals surface area contributed by atoms with Crippen molar-refractivity contribution < 1.29 is 9.90 Å². The van der Waals surface area contributed by atoms with Crippen LogP contribution in [0.5, 0.6) is 0 Å². The number of hydrogen-bond acceptors (Lipinski definition) is 1. The fourth-order valence-corrected chi connectivity index (χ4v) is 1.66. The molecular weight excluding hydrogens is 200 g/mol. The van der Waals surface area contributed by atoms with Gasteiger partial charge in [0.15, 0.2) is 0 Å². The number of rotatable bonds is 3. The van der Waals surface area contributed by atoms with E-state index in [0.717, 1.165) is 16.7 Å². The average Bonchev–Trinajstić information content (AvgIpc) is 2.30. The van der Waals surface area contributed by atoms with Crippen molar-refractivity contribution in [3.05, 3.63) is 60.2 Å². The average molecular weight is 211 g/mol. The molecule has 16 heavy (non-hydrogen) atoms. The first-order chi connectivity index (χ1) is 7.77. The third-order valence-corrected chi connectivity index (χ3v) is 2.35. The van der Waals surface area contributed by atoms with Crippen LogP contribution in [0.3, 0.4) is 0 Å². The smallest absolute Gasteiger partial charge is 0.307 e. The summed E-state index contributed by atoms with van der Waals surface area (Å²) in [7, 11) is 0. The Morgan fingerprint density at radius 1 is 1.12 bits per heavy atom. The minimum absolute atomic E-state index is 0.00503. The molecule has 2 heteroatoms. The molecule has 0 bridgehead atoms. The predicted molar refractivity (Wildman–Crippen MR) is 62.1 cm³/mol. The Balaban J connectivity index is 2.44. The topological polar surface area (TPSA) is 37.3 Å². The summed E-state index contributed by atoms with van der Waals surface area (Å²) in [6.45, 7) is 0. The van der Waals surface area contributed by atoms with Crippen molar-refractivity contribution in [2.45, 2.75) is 6.42 Å². The summed E-state index contributed by atoms with van der Waals surface area (Å²) < 4.78 is 0. The Bertz CT molecular complexity index is 489. The van der Waals surface area contributed by atoms with Gasteiger partial charge in [0.25, 0.3) is 0 Å². The van der Waals surface area contributed by atoms with Crippen LogP contribution in [-0.4, -0.2) is 11.1 Å². The van der Waals surface area contributed by atoms with E-state index in [4.69, 9.17) is 5.11 Å². The lowest BCUT2D eigenvalue weighted by atomic mass is 9.98. The third kappa shape index (κ3) is 2.28. The Kier molecular flexibility index (Phi) is 3.01. The standard InChI is InChI=1S/C14H11O2/c15-14(16)10-12-8-4-5-9-13(12)11-6-2-1-3-7-11/h1-7,9H,10H2,(H,15,16). The molecule has 0 aliphatic rings. The van der Waals surface area contributed by atoms with Gasteiger partial charge in [-0.1, -0.05) is 48.5 Å². The van der Waals surface area contributed by atoms with E-state index in [2.05, 4.69) is 6.07 Å². The van der Waals surface area contributed by atoms with Gasteiger partial charge in [-0.05, 0) is 22.8 Å². The lowest BCUT2D eigenvalue weighted by molar-refractivity contribution is -0.136. The first-order valence-corrected chi connectivity index (χ1v) is 5.04. The van der Waals surface area contributed by atoms with E-state index >= 15 is 0 Å². The molecule has 0 saturated heterocycles. The van der Waals surface area contributed by atoms with Gasteiger partial charge < -0.3 is 5.11 Å². The van der Waals surface area contributed by atoms with Crippen LogP contribution >= 0.6 is 0 Å². The van der Waals surface area contributed by atoms with Crippen LogP contribution in [0, 0.1) is 6.07 Å². The second-order valence-corrected chi connectivity index (χ2v) is 3.50. The Hall–Kier alpha value is -2.09. The molecule has 2 rings (SSSR count). The molecule has 0 fully saturated rings. The number of carbonyl (C=O) groups is 1. The van der Waals surface area contributed by atoms with Crippen molar-refractivity contribution in [2.75, 3.05) is 0 Å². The highest BCUT2D eigenvalue weighted by molar-refractivity contribution is 5.76. The summed E-state index contributed by atoms with van der Waals surface area (Å²) >= 11 is 0. The van der Waals surface area contributed by atoms with Crippen molar-refractivity contribution in [3.63, 3.8) is 0 Å². The molecule has 0 atom stereocenters. The minimum Gasteiger partial charge on any atom is -0.481 e. The summed E-state index contributed by atoms with van der Waals surface area (Å²) in [6.07, 6.45) is 0.00503. The Labute approximate surface area is 94.2 Å². The monoisotopic (exact) mass is 211 g/mol. The third-order valence-electron chi connectivity index (χ3n) is 2.35. The van der Waals surface area contributed by atoms with E-state index in [1.165, 1.54) is 0 Å². The molecule has 0 aliphatic carbocycles. The molecule has 2 nitrogen and oxygen atoms in total. The van der Waals surface area contributed by atoms with E-state index in [9.17, 15) is 4.79 Å². The maximum Gasteiger partial charge on any atom is 0.307 e. The summed E-state index contributed by atoms with van der Waals surface area (Å²) in [4.78, 5) is 10.7. The number of carboxylic acids is 1. The quantitative estimate of drug-likeness (QED) is 0.847. The molecule has 2 aromatic carbocycles. The second kappa shape index (κ2) is 4.62. The molecule has 0 unspecified atom stereocenters. The Morgan fingerprint density at radius 3 is 2.56 bits per heavy atom. The highest BCUT2D eigenvalue weighted by atomic mass is 16.4. The molecule has 1 N–H and O–H groups in total. The van der Waals surface area contributed by atoms with Gasteiger partial charge in [0.1, 0.15) is 0 Å².